The molecule has 0 spiro atoms. The van der Waals surface area contributed by atoms with Gasteiger partial charge in [0.15, 0.2) is 0 Å². The van der Waals surface area contributed by atoms with Crippen molar-refractivity contribution in [1.82, 2.24) is 4.98 Å². The average Bonchev–Trinajstić information content (AvgIpc) is 2.71. The van der Waals surface area contributed by atoms with Crippen LogP contribution in [0, 0.1) is 11.8 Å². The number of pyridine rings is 1. The summed E-state index contributed by atoms with van der Waals surface area (Å²) in [4.78, 5) is 4.67. The molecule has 3 N–H and O–H groups in total. The molecule has 1 aliphatic carbocycles. The molecule has 3 unspecified atom stereocenters. The minimum Gasteiger partial charge on any atom is -0.399 e. The Hall–Kier alpha value is -1.77. The van der Waals surface area contributed by atoms with Gasteiger partial charge in [-0.1, -0.05) is 13.8 Å². The van der Waals surface area contributed by atoms with E-state index in [2.05, 4.69) is 36.3 Å². The first-order valence-electron chi connectivity index (χ1n) is 7.06. The minimum atomic E-state index is 0.550. The summed E-state index contributed by atoms with van der Waals surface area (Å²) in [6.07, 6.45) is 2.55. The molecule has 1 fully saturated rings. The highest BCUT2D eigenvalue weighted by Gasteiger charge is 2.29. The lowest BCUT2D eigenvalue weighted by Crippen LogP contribution is -2.24. The second kappa shape index (κ2) is 4.72. The van der Waals surface area contributed by atoms with Crippen LogP contribution in [0.3, 0.4) is 0 Å². The summed E-state index contributed by atoms with van der Waals surface area (Å²) in [5, 5.41) is 4.68. The molecule has 0 radical (unpaired) electrons. The Morgan fingerprint density at radius 2 is 2.00 bits per heavy atom. The van der Waals surface area contributed by atoms with Gasteiger partial charge in [0, 0.05) is 17.1 Å². The molecule has 19 heavy (non-hydrogen) atoms. The largest absolute Gasteiger partial charge is 0.399 e. The predicted octanol–water partition coefficient (Wildman–Crippen LogP) is 3.66. The Labute approximate surface area is 114 Å². The van der Waals surface area contributed by atoms with Crippen molar-refractivity contribution in [2.45, 2.75) is 32.7 Å². The van der Waals surface area contributed by atoms with Crippen molar-refractivity contribution in [2.75, 3.05) is 11.1 Å². The Bertz CT molecular complexity index is 594. The van der Waals surface area contributed by atoms with Crippen molar-refractivity contribution in [3.63, 3.8) is 0 Å². The van der Waals surface area contributed by atoms with Crippen LogP contribution in [-0.2, 0) is 0 Å². The zero-order chi connectivity index (χ0) is 13.4. The summed E-state index contributed by atoms with van der Waals surface area (Å²) in [6.45, 7) is 4.67. The molecular weight excluding hydrogens is 234 g/mol. The first-order valence-corrected chi connectivity index (χ1v) is 7.06. The highest BCUT2D eigenvalue weighted by atomic mass is 15.0. The first-order chi connectivity index (χ1) is 9.13. The fourth-order valence-electron chi connectivity index (χ4n) is 2.98. The van der Waals surface area contributed by atoms with E-state index in [9.17, 15) is 0 Å². The van der Waals surface area contributed by atoms with Gasteiger partial charge in [0.1, 0.15) is 5.82 Å². The van der Waals surface area contributed by atoms with Crippen LogP contribution in [0.2, 0.25) is 0 Å². The van der Waals surface area contributed by atoms with Gasteiger partial charge in [-0.15, -0.1) is 0 Å². The molecule has 0 aliphatic heterocycles. The molecule has 1 aliphatic rings. The third-order valence-electron chi connectivity index (χ3n) is 4.51. The highest BCUT2D eigenvalue weighted by Crippen LogP contribution is 2.33. The number of nitrogens with two attached hydrogens (primary N) is 1. The fourth-order valence-corrected chi connectivity index (χ4v) is 2.98. The molecule has 2 aromatic rings. The van der Waals surface area contributed by atoms with E-state index in [1.807, 2.05) is 18.2 Å². The molecule has 3 atom stereocenters. The summed E-state index contributed by atoms with van der Waals surface area (Å²) in [5.74, 6) is 2.49. The topological polar surface area (TPSA) is 50.9 Å². The van der Waals surface area contributed by atoms with E-state index in [4.69, 9.17) is 5.73 Å². The highest BCUT2D eigenvalue weighted by molar-refractivity contribution is 5.83. The Balaban J connectivity index is 1.84. The van der Waals surface area contributed by atoms with E-state index in [1.165, 1.54) is 12.8 Å². The average molecular weight is 255 g/mol. The van der Waals surface area contributed by atoms with Crippen LogP contribution in [0.4, 0.5) is 11.5 Å². The summed E-state index contributed by atoms with van der Waals surface area (Å²) >= 11 is 0. The number of benzene rings is 1. The summed E-state index contributed by atoms with van der Waals surface area (Å²) < 4.78 is 0. The van der Waals surface area contributed by atoms with E-state index in [1.54, 1.807) is 0 Å². The molecule has 100 valence electrons. The number of fused-ring (bicyclic) bond motifs is 1. The van der Waals surface area contributed by atoms with Crippen LogP contribution in [-0.4, -0.2) is 11.0 Å². The number of hydrogen-bond donors (Lipinski definition) is 2. The number of rotatable bonds is 2. The lowest BCUT2D eigenvalue weighted by molar-refractivity contribution is 0.435. The predicted molar refractivity (Wildman–Crippen MR) is 81.1 cm³/mol. The first kappa shape index (κ1) is 12.3. The quantitative estimate of drug-likeness (QED) is 0.805. The lowest BCUT2D eigenvalue weighted by Gasteiger charge is -2.20. The molecule has 3 nitrogen and oxygen atoms in total. The zero-order valence-electron chi connectivity index (χ0n) is 11.6. The molecule has 3 heteroatoms. The third kappa shape index (κ3) is 2.37. The van der Waals surface area contributed by atoms with Crippen LogP contribution in [0.1, 0.15) is 26.7 Å². The van der Waals surface area contributed by atoms with Crippen molar-refractivity contribution in [3.8, 4) is 0 Å². The van der Waals surface area contributed by atoms with Crippen molar-refractivity contribution < 1.29 is 0 Å². The SMILES string of the molecule is CC1CCC(Nc2ccc3cc(N)ccc3n2)C1C. The number of aromatic nitrogens is 1. The van der Waals surface area contributed by atoms with E-state index >= 15 is 0 Å². The van der Waals surface area contributed by atoms with Gasteiger partial charge in [-0.2, -0.15) is 0 Å². The maximum absolute atomic E-state index is 5.78. The Morgan fingerprint density at radius 3 is 2.74 bits per heavy atom. The maximum atomic E-state index is 5.78. The van der Waals surface area contributed by atoms with Gasteiger partial charge in [-0.05, 0) is 55.0 Å². The molecule has 1 heterocycles. The molecule has 1 saturated carbocycles. The van der Waals surface area contributed by atoms with Gasteiger partial charge in [0.05, 0.1) is 5.52 Å². The van der Waals surface area contributed by atoms with Crippen LogP contribution >= 0.6 is 0 Å². The lowest BCUT2D eigenvalue weighted by atomic mass is 9.98. The smallest absolute Gasteiger partial charge is 0.126 e. The second-order valence-corrected chi connectivity index (χ2v) is 5.81. The summed E-state index contributed by atoms with van der Waals surface area (Å²) in [5.41, 5.74) is 7.57. The van der Waals surface area contributed by atoms with Crippen molar-refractivity contribution in [2.24, 2.45) is 11.8 Å². The molecular formula is C16H21N3. The van der Waals surface area contributed by atoms with Crippen molar-refractivity contribution in [3.05, 3.63) is 30.3 Å². The number of nitrogens with zero attached hydrogens (tertiary/aromatic N) is 1. The molecule has 0 amide bonds. The monoisotopic (exact) mass is 255 g/mol. The van der Waals surface area contributed by atoms with E-state index < -0.39 is 0 Å². The van der Waals surface area contributed by atoms with E-state index in [-0.39, 0.29) is 0 Å². The third-order valence-corrected chi connectivity index (χ3v) is 4.51. The standard InChI is InChI=1S/C16H21N3/c1-10-3-6-14(11(10)2)18-16-8-4-12-9-13(17)5-7-15(12)19-16/h4-5,7-11,14H,3,6,17H2,1-2H3,(H,18,19). The number of hydrogen-bond acceptors (Lipinski definition) is 3. The molecule has 1 aromatic carbocycles. The maximum Gasteiger partial charge on any atom is 0.126 e. The fraction of sp³-hybridized carbons (Fsp3) is 0.438. The zero-order valence-corrected chi connectivity index (χ0v) is 11.6. The van der Waals surface area contributed by atoms with Gasteiger partial charge in [-0.25, -0.2) is 4.98 Å². The summed E-state index contributed by atoms with van der Waals surface area (Å²) in [6, 6.07) is 10.5. The molecule has 1 aromatic heterocycles. The summed E-state index contributed by atoms with van der Waals surface area (Å²) in [7, 11) is 0. The van der Waals surface area contributed by atoms with Crippen LogP contribution in [0.5, 0.6) is 0 Å². The Morgan fingerprint density at radius 1 is 1.16 bits per heavy atom. The van der Waals surface area contributed by atoms with Crippen molar-refractivity contribution in [1.29, 1.82) is 0 Å². The van der Waals surface area contributed by atoms with E-state index in [0.717, 1.165) is 28.3 Å². The number of nitrogens with one attached hydrogen (secondary N) is 1. The number of anilines is 2. The van der Waals surface area contributed by atoms with Gasteiger partial charge < -0.3 is 11.1 Å². The van der Waals surface area contributed by atoms with Gasteiger partial charge >= 0.3 is 0 Å². The minimum absolute atomic E-state index is 0.550. The van der Waals surface area contributed by atoms with Gasteiger partial charge in [0.2, 0.25) is 0 Å². The van der Waals surface area contributed by atoms with E-state index in [0.29, 0.717) is 12.0 Å². The second-order valence-electron chi connectivity index (χ2n) is 5.81. The van der Waals surface area contributed by atoms with Crippen LogP contribution in [0.25, 0.3) is 10.9 Å². The molecule has 0 saturated heterocycles. The number of nitrogen functional groups attached to an aromatic ring is 1. The van der Waals surface area contributed by atoms with Crippen molar-refractivity contribution >= 4 is 22.4 Å². The molecule has 3 rings (SSSR count). The molecule has 0 bridgehead atoms. The van der Waals surface area contributed by atoms with Crippen LogP contribution < -0.4 is 11.1 Å². The van der Waals surface area contributed by atoms with Crippen LogP contribution in [0.15, 0.2) is 30.3 Å². The van der Waals surface area contributed by atoms with Gasteiger partial charge in [0.25, 0.3) is 0 Å². The van der Waals surface area contributed by atoms with Gasteiger partial charge in [-0.3, -0.25) is 0 Å². The Kier molecular flexibility index (Phi) is 3.05. The normalized spacial score (nSPS) is 26.7.